The first-order chi connectivity index (χ1) is 10.8. The molecule has 2 aromatic carbocycles. The predicted octanol–water partition coefficient (Wildman–Crippen LogP) is 5.11. The summed E-state index contributed by atoms with van der Waals surface area (Å²) in [5.41, 5.74) is -1.25. The maximum Gasteiger partial charge on any atom is 0.200 e. The number of thioether (sulfide) groups is 1. The van der Waals surface area contributed by atoms with Crippen molar-refractivity contribution >= 4 is 11.8 Å². The number of hydrogen-bond donors (Lipinski definition) is 1. The van der Waals surface area contributed by atoms with E-state index in [1.54, 1.807) is 30.3 Å². The lowest BCUT2D eigenvalue weighted by molar-refractivity contribution is 0.166. The molecule has 0 aliphatic heterocycles. The van der Waals surface area contributed by atoms with E-state index in [1.807, 2.05) is 0 Å². The topological polar surface area (TPSA) is 20.2 Å². The average Bonchev–Trinajstić information content (AvgIpc) is 2.52. The summed E-state index contributed by atoms with van der Waals surface area (Å²) in [5.74, 6) is -10.5. The van der Waals surface area contributed by atoms with Crippen molar-refractivity contribution in [2.24, 2.45) is 0 Å². The molecular weight excluding hydrogens is 335 g/mol. The van der Waals surface area contributed by atoms with E-state index in [-0.39, 0.29) is 6.42 Å². The van der Waals surface area contributed by atoms with Crippen molar-refractivity contribution in [1.82, 2.24) is 0 Å². The molecule has 2 rings (SSSR count). The van der Waals surface area contributed by atoms with Gasteiger partial charge in [0.25, 0.3) is 0 Å². The molecule has 1 atom stereocenters. The minimum Gasteiger partial charge on any atom is -0.388 e. The zero-order chi connectivity index (χ0) is 17.1. The zero-order valence-corrected chi connectivity index (χ0v) is 12.4. The van der Waals surface area contributed by atoms with Crippen LogP contribution in [-0.2, 0) is 0 Å². The highest BCUT2D eigenvalue weighted by atomic mass is 32.2. The van der Waals surface area contributed by atoms with Gasteiger partial charge in [-0.1, -0.05) is 36.5 Å². The van der Waals surface area contributed by atoms with E-state index in [2.05, 4.69) is 6.58 Å². The molecule has 0 aliphatic rings. The minimum absolute atomic E-state index is 0.313. The molecule has 0 amide bonds. The van der Waals surface area contributed by atoms with Crippen LogP contribution in [0.1, 0.15) is 18.1 Å². The van der Waals surface area contributed by atoms with E-state index in [4.69, 9.17) is 0 Å². The summed E-state index contributed by atoms with van der Waals surface area (Å²) in [7, 11) is 0. The Morgan fingerprint density at radius 2 is 1.39 bits per heavy atom. The monoisotopic (exact) mass is 346 g/mol. The molecule has 0 radical (unpaired) electrons. The second-order valence-corrected chi connectivity index (χ2v) is 5.91. The van der Waals surface area contributed by atoms with Crippen LogP contribution in [0.25, 0.3) is 0 Å². The maximum atomic E-state index is 13.6. The van der Waals surface area contributed by atoms with Gasteiger partial charge in [0.15, 0.2) is 23.3 Å². The minimum atomic E-state index is -2.26. The number of aliphatic hydroxyl groups is 1. The Labute approximate surface area is 133 Å². The lowest BCUT2D eigenvalue weighted by Crippen LogP contribution is -2.11. The molecule has 0 unspecified atom stereocenters. The highest BCUT2D eigenvalue weighted by Crippen LogP contribution is 2.35. The van der Waals surface area contributed by atoms with Crippen LogP contribution < -0.4 is 0 Å². The van der Waals surface area contributed by atoms with E-state index in [0.29, 0.717) is 4.91 Å². The van der Waals surface area contributed by atoms with Gasteiger partial charge in [-0.25, -0.2) is 22.0 Å². The number of rotatable bonds is 5. The van der Waals surface area contributed by atoms with E-state index in [1.165, 1.54) is 0 Å². The molecule has 23 heavy (non-hydrogen) atoms. The second-order valence-electron chi connectivity index (χ2n) is 4.66. The Morgan fingerprint density at radius 1 is 0.913 bits per heavy atom. The summed E-state index contributed by atoms with van der Waals surface area (Å²) in [5, 5.41) is 9.86. The van der Waals surface area contributed by atoms with E-state index in [9.17, 15) is 27.1 Å². The van der Waals surface area contributed by atoms with Crippen molar-refractivity contribution in [3.05, 3.63) is 76.5 Å². The van der Waals surface area contributed by atoms with Gasteiger partial charge in [-0.15, -0.1) is 0 Å². The van der Waals surface area contributed by atoms with Gasteiger partial charge in [0.05, 0.1) is 11.7 Å². The molecule has 122 valence electrons. The standard InChI is InChI=1S/C16H11F5OS/c1-8(23-9-5-3-2-4-6-9)7-10(22)11-12(17)14(19)16(21)15(20)13(11)18/h2-6,10,22H,1,7H2/t10-/m0/s1. The highest BCUT2D eigenvalue weighted by Gasteiger charge is 2.29. The summed E-state index contributed by atoms with van der Waals surface area (Å²) in [6.07, 6.45) is -2.26. The molecule has 0 saturated carbocycles. The SMILES string of the molecule is C=C(C[C@H](O)c1c(F)c(F)c(F)c(F)c1F)Sc1ccccc1. The van der Waals surface area contributed by atoms with Crippen LogP contribution in [0.15, 0.2) is 46.7 Å². The summed E-state index contributed by atoms with van der Waals surface area (Å²) in [6, 6.07) is 8.81. The number of halogens is 5. The molecule has 1 N–H and O–H groups in total. The van der Waals surface area contributed by atoms with Crippen LogP contribution >= 0.6 is 11.8 Å². The Morgan fingerprint density at radius 3 is 1.91 bits per heavy atom. The van der Waals surface area contributed by atoms with Gasteiger partial charge < -0.3 is 5.11 Å². The fraction of sp³-hybridized carbons (Fsp3) is 0.125. The van der Waals surface area contributed by atoms with Crippen LogP contribution in [0.4, 0.5) is 22.0 Å². The number of hydrogen-bond acceptors (Lipinski definition) is 2. The van der Waals surface area contributed by atoms with Gasteiger partial charge in [0, 0.05) is 11.3 Å². The van der Waals surface area contributed by atoms with Crippen LogP contribution in [-0.4, -0.2) is 5.11 Å². The van der Waals surface area contributed by atoms with Crippen LogP contribution in [0.5, 0.6) is 0 Å². The van der Waals surface area contributed by atoms with Crippen molar-refractivity contribution in [3.8, 4) is 0 Å². The molecule has 0 spiro atoms. The Bertz CT molecular complexity index is 704. The Hall–Kier alpha value is -1.86. The average molecular weight is 346 g/mol. The van der Waals surface area contributed by atoms with E-state index < -0.39 is 40.8 Å². The third kappa shape index (κ3) is 3.73. The van der Waals surface area contributed by atoms with Gasteiger partial charge in [0.1, 0.15) is 0 Å². The molecule has 0 aliphatic carbocycles. The maximum absolute atomic E-state index is 13.6. The third-order valence-corrected chi connectivity index (χ3v) is 3.97. The fourth-order valence-corrected chi connectivity index (χ4v) is 2.80. The van der Waals surface area contributed by atoms with Crippen molar-refractivity contribution in [1.29, 1.82) is 0 Å². The summed E-state index contributed by atoms with van der Waals surface area (Å²) in [6.45, 7) is 3.63. The van der Waals surface area contributed by atoms with Crippen molar-refractivity contribution in [3.63, 3.8) is 0 Å². The summed E-state index contributed by atoms with van der Waals surface area (Å²) < 4.78 is 66.5. The van der Waals surface area contributed by atoms with Crippen LogP contribution in [0.3, 0.4) is 0 Å². The van der Waals surface area contributed by atoms with Gasteiger partial charge in [-0.2, -0.15) is 0 Å². The van der Waals surface area contributed by atoms with Gasteiger partial charge in [-0.3, -0.25) is 0 Å². The smallest absolute Gasteiger partial charge is 0.200 e. The van der Waals surface area contributed by atoms with Gasteiger partial charge in [0.2, 0.25) is 5.82 Å². The van der Waals surface area contributed by atoms with Gasteiger partial charge in [-0.05, 0) is 17.0 Å². The molecule has 2 aromatic rings. The van der Waals surface area contributed by atoms with Gasteiger partial charge >= 0.3 is 0 Å². The van der Waals surface area contributed by atoms with E-state index in [0.717, 1.165) is 16.7 Å². The quantitative estimate of drug-likeness (QED) is 0.351. The predicted molar refractivity (Wildman–Crippen MR) is 77.2 cm³/mol. The zero-order valence-electron chi connectivity index (χ0n) is 11.6. The van der Waals surface area contributed by atoms with Crippen molar-refractivity contribution in [2.75, 3.05) is 0 Å². The summed E-state index contributed by atoms with van der Waals surface area (Å²) in [4.78, 5) is 1.08. The van der Waals surface area contributed by atoms with Crippen LogP contribution in [0.2, 0.25) is 0 Å². The van der Waals surface area contributed by atoms with Crippen molar-refractivity contribution in [2.45, 2.75) is 17.4 Å². The first-order valence-corrected chi connectivity index (χ1v) is 7.24. The summed E-state index contributed by atoms with van der Waals surface area (Å²) >= 11 is 1.13. The second kappa shape index (κ2) is 7.14. The van der Waals surface area contributed by atoms with Crippen LogP contribution in [0, 0.1) is 29.1 Å². The highest BCUT2D eigenvalue weighted by molar-refractivity contribution is 8.03. The molecule has 0 fully saturated rings. The molecule has 0 bridgehead atoms. The molecule has 7 heteroatoms. The first-order valence-electron chi connectivity index (χ1n) is 6.43. The van der Waals surface area contributed by atoms with Crippen molar-refractivity contribution < 1.29 is 27.1 Å². The lowest BCUT2D eigenvalue weighted by Gasteiger charge is -2.15. The Balaban J connectivity index is 2.21. The van der Waals surface area contributed by atoms with E-state index >= 15 is 0 Å². The molecule has 0 aromatic heterocycles. The Kier molecular flexibility index (Phi) is 5.43. The molecule has 1 nitrogen and oxygen atoms in total. The fourth-order valence-electron chi connectivity index (χ4n) is 1.93. The first kappa shape index (κ1) is 17.5. The molecule has 0 heterocycles. The lowest BCUT2D eigenvalue weighted by atomic mass is 10.0. The number of aliphatic hydroxyl groups excluding tert-OH is 1. The third-order valence-electron chi connectivity index (χ3n) is 3.00. The molecule has 0 saturated heterocycles. The molecular formula is C16H11F5OS. The largest absolute Gasteiger partial charge is 0.388 e. The normalized spacial score (nSPS) is 12.3. The number of benzene rings is 2.